The molecule has 7 nitrogen and oxygen atoms in total. The van der Waals surface area contributed by atoms with Crippen molar-refractivity contribution in [2.24, 2.45) is 0 Å². The standard InChI is InChI=1S/C18H13ClN4O3/c19-13-3-1-2-12(8-13)16-9-17-20-15(10-18(24)22(17)21-16)11-4-6-14(7-5-11)23(25)26/h1-10,18,20,24H. The molecule has 0 saturated heterocycles. The first kappa shape index (κ1) is 16.3. The summed E-state index contributed by atoms with van der Waals surface area (Å²) in [5, 5.41) is 29.4. The summed E-state index contributed by atoms with van der Waals surface area (Å²) < 4.78 is 1.46. The van der Waals surface area contributed by atoms with Crippen LogP contribution in [-0.2, 0) is 0 Å². The monoisotopic (exact) mass is 368 g/mol. The maximum absolute atomic E-state index is 10.8. The van der Waals surface area contributed by atoms with E-state index in [0.29, 0.717) is 22.2 Å². The van der Waals surface area contributed by atoms with E-state index in [1.807, 2.05) is 18.2 Å². The van der Waals surface area contributed by atoms with Gasteiger partial charge in [0, 0.05) is 34.5 Å². The lowest BCUT2D eigenvalue weighted by Crippen LogP contribution is -2.18. The number of aliphatic hydroxyl groups is 1. The Bertz CT molecular complexity index is 1030. The van der Waals surface area contributed by atoms with Gasteiger partial charge in [0.15, 0.2) is 6.23 Å². The molecule has 1 atom stereocenters. The van der Waals surface area contributed by atoms with Crippen LogP contribution in [0.5, 0.6) is 0 Å². The fourth-order valence-corrected chi connectivity index (χ4v) is 3.00. The molecule has 4 rings (SSSR count). The van der Waals surface area contributed by atoms with Crippen LogP contribution in [0.2, 0.25) is 5.02 Å². The number of nitrogens with one attached hydrogen (secondary N) is 1. The van der Waals surface area contributed by atoms with Crippen LogP contribution in [0.1, 0.15) is 11.8 Å². The Morgan fingerprint density at radius 2 is 1.92 bits per heavy atom. The number of non-ortho nitro benzene ring substituents is 1. The van der Waals surface area contributed by atoms with Gasteiger partial charge in [-0.25, -0.2) is 4.68 Å². The van der Waals surface area contributed by atoms with E-state index in [-0.39, 0.29) is 5.69 Å². The number of hydrogen-bond acceptors (Lipinski definition) is 5. The molecule has 0 fully saturated rings. The molecule has 0 aliphatic carbocycles. The van der Waals surface area contributed by atoms with Gasteiger partial charge in [-0.15, -0.1) is 0 Å². The summed E-state index contributed by atoms with van der Waals surface area (Å²) in [5.41, 5.74) is 2.90. The van der Waals surface area contributed by atoms with Crippen LogP contribution in [0.15, 0.2) is 60.7 Å². The number of nitrogens with zero attached hydrogens (tertiary/aromatic N) is 3. The first-order valence-corrected chi connectivity index (χ1v) is 8.16. The average Bonchev–Trinajstić information content (AvgIpc) is 3.07. The van der Waals surface area contributed by atoms with Crippen LogP contribution in [0, 0.1) is 10.1 Å². The Morgan fingerprint density at radius 1 is 1.15 bits per heavy atom. The number of anilines is 1. The third kappa shape index (κ3) is 2.94. The van der Waals surface area contributed by atoms with Crippen molar-refractivity contribution in [2.75, 3.05) is 5.32 Å². The van der Waals surface area contributed by atoms with Crippen LogP contribution in [-0.4, -0.2) is 19.8 Å². The molecule has 1 unspecified atom stereocenters. The normalized spacial score (nSPS) is 15.8. The Labute approximate surface area is 153 Å². The molecule has 130 valence electrons. The minimum Gasteiger partial charge on any atom is -0.368 e. The van der Waals surface area contributed by atoms with E-state index >= 15 is 0 Å². The van der Waals surface area contributed by atoms with Crippen LogP contribution in [0.4, 0.5) is 11.5 Å². The number of nitro groups is 1. The molecular weight excluding hydrogens is 356 g/mol. The van der Waals surface area contributed by atoms with Gasteiger partial charge in [-0.3, -0.25) is 10.1 Å². The fourth-order valence-electron chi connectivity index (χ4n) is 2.81. The largest absolute Gasteiger partial charge is 0.368 e. The summed E-state index contributed by atoms with van der Waals surface area (Å²) in [5.74, 6) is 0.614. The zero-order valence-corrected chi connectivity index (χ0v) is 14.1. The van der Waals surface area contributed by atoms with Crippen LogP contribution in [0.3, 0.4) is 0 Å². The fraction of sp³-hybridized carbons (Fsp3) is 0.0556. The van der Waals surface area contributed by atoms with Gasteiger partial charge < -0.3 is 10.4 Å². The molecule has 26 heavy (non-hydrogen) atoms. The maximum atomic E-state index is 10.8. The lowest BCUT2D eigenvalue weighted by atomic mass is 10.1. The zero-order chi connectivity index (χ0) is 18.3. The Morgan fingerprint density at radius 3 is 2.62 bits per heavy atom. The molecule has 8 heteroatoms. The minimum atomic E-state index is -0.954. The predicted molar refractivity (Wildman–Crippen MR) is 98.6 cm³/mol. The van der Waals surface area contributed by atoms with Crippen molar-refractivity contribution < 1.29 is 10.0 Å². The van der Waals surface area contributed by atoms with Crippen molar-refractivity contribution in [1.29, 1.82) is 0 Å². The van der Waals surface area contributed by atoms with E-state index < -0.39 is 11.2 Å². The van der Waals surface area contributed by atoms with Gasteiger partial charge in [-0.05, 0) is 35.9 Å². The van der Waals surface area contributed by atoms with E-state index in [1.54, 1.807) is 30.3 Å². The summed E-state index contributed by atoms with van der Waals surface area (Å²) >= 11 is 6.03. The number of rotatable bonds is 3. The van der Waals surface area contributed by atoms with Crippen molar-refractivity contribution in [3.05, 3.63) is 81.4 Å². The zero-order valence-electron chi connectivity index (χ0n) is 13.3. The molecule has 1 aliphatic heterocycles. The van der Waals surface area contributed by atoms with Crippen molar-refractivity contribution in [3.8, 4) is 11.3 Å². The molecule has 1 aromatic heterocycles. The van der Waals surface area contributed by atoms with Gasteiger partial charge in [-0.1, -0.05) is 23.7 Å². The van der Waals surface area contributed by atoms with Gasteiger partial charge in [-0.2, -0.15) is 5.10 Å². The SMILES string of the molecule is O=[N+]([O-])c1ccc(C2=CC(O)n3nc(-c4cccc(Cl)c4)cc3N2)cc1. The van der Waals surface area contributed by atoms with Gasteiger partial charge in [0.25, 0.3) is 5.69 Å². The van der Waals surface area contributed by atoms with Crippen LogP contribution < -0.4 is 5.32 Å². The number of fused-ring (bicyclic) bond motifs is 1. The summed E-state index contributed by atoms with van der Waals surface area (Å²) in [4.78, 5) is 10.3. The van der Waals surface area contributed by atoms with Gasteiger partial charge in [0.05, 0.1) is 10.6 Å². The first-order chi connectivity index (χ1) is 12.5. The maximum Gasteiger partial charge on any atom is 0.269 e. The number of halogens is 1. The summed E-state index contributed by atoms with van der Waals surface area (Å²) in [6, 6.07) is 15.2. The molecule has 2 N–H and O–H groups in total. The van der Waals surface area contributed by atoms with Crippen molar-refractivity contribution in [2.45, 2.75) is 6.23 Å². The lowest BCUT2D eigenvalue weighted by Gasteiger charge is -2.21. The van der Waals surface area contributed by atoms with Gasteiger partial charge >= 0.3 is 0 Å². The highest BCUT2D eigenvalue weighted by Crippen LogP contribution is 2.32. The highest BCUT2D eigenvalue weighted by molar-refractivity contribution is 6.30. The summed E-state index contributed by atoms with van der Waals surface area (Å²) in [7, 11) is 0. The average molecular weight is 369 g/mol. The molecule has 0 radical (unpaired) electrons. The van der Waals surface area contributed by atoms with Crippen LogP contribution in [0.25, 0.3) is 17.0 Å². The second kappa shape index (κ2) is 6.29. The Hall–Kier alpha value is -3.16. The number of benzene rings is 2. The first-order valence-electron chi connectivity index (χ1n) is 7.78. The highest BCUT2D eigenvalue weighted by atomic mass is 35.5. The Balaban J connectivity index is 1.65. The molecule has 2 heterocycles. The molecule has 1 aliphatic rings. The third-order valence-corrected chi connectivity index (χ3v) is 4.31. The molecule has 2 aromatic carbocycles. The van der Waals surface area contributed by atoms with Crippen LogP contribution >= 0.6 is 11.6 Å². The van der Waals surface area contributed by atoms with Gasteiger partial charge in [0.2, 0.25) is 0 Å². The van der Waals surface area contributed by atoms with Gasteiger partial charge in [0.1, 0.15) is 5.82 Å². The van der Waals surface area contributed by atoms with E-state index in [2.05, 4.69) is 10.4 Å². The van der Waals surface area contributed by atoms with E-state index in [1.165, 1.54) is 16.8 Å². The second-order valence-electron chi connectivity index (χ2n) is 5.79. The smallest absolute Gasteiger partial charge is 0.269 e. The molecule has 0 amide bonds. The van der Waals surface area contributed by atoms with Crippen molar-refractivity contribution in [3.63, 3.8) is 0 Å². The van der Waals surface area contributed by atoms with Crippen molar-refractivity contribution >= 4 is 28.8 Å². The number of aromatic nitrogens is 2. The molecule has 0 saturated carbocycles. The topological polar surface area (TPSA) is 93.2 Å². The molecule has 3 aromatic rings. The van der Waals surface area contributed by atoms with E-state index in [9.17, 15) is 15.2 Å². The minimum absolute atomic E-state index is 0.0130. The van der Waals surface area contributed by atoms with E-state index in [0.717, 1.165) is 11.1 Å². The number of hydrogen-bond donors (Lipinski definition) is 2. The molecular formula is C18H13ClN4O3. The summed E-state index contributed by atoms with van der Waals surface area (Å²) in [6.45, 7) is 0. The van der Waals surface area contributed by atoms with E-state index in [4.69, 9.17) is 11.6 Å². The quantitative estimate of drug-likeness (QED) is 0.537. The number of nitro benzene ring substituents is 1. The highest BCUT2D eigenvalue weighted by Gasteiger charge is 2.21. The Kier molecular flexibility index (Phi) is 3.95. The third-order valence-electron chi connectivity index (χ3n) is 4.07. The summed E-state index contributed by atoms with van der Waals surface area (Å²) in [6.07, 6.45) is 0.646. The number of aliphatic hydroxyl groups excluding tert-OH is 1. The lowest BCUT2D eigenvalue weighted by molar-refractivity contribution is -0.384. The second-order valence-corrected chi connectivity index (χ2v) is 6.23. The van der Waals surface area contributed by atoms with Crippen molar-refractivity contribution in [1.82, 2.24) is 9.78 Å². The molecule has 0 bridgehead atoms. The molecule has 0 spiro atoms. The predicted octanol–water partition coefficient (Wildman–Crippen LogP) is 4.07.